The van der Waals surface area contributed by atoms with Gasteiger partial charge in [-0.25, -0.2) is 0 Å². The van der Waals surface area contributed by atoms with Crippen LogP contribution in [0, 0.1) is 0 Å². The summed E-state index contributed by atoms with van der Waals surface area (Å²) in [6.45, 7) is 4.70. The zero-order valence-corrected chi connectivity index (χ0v) is 30.5. The van der Waals surface area contributed by atoms with Gasteiger partial charge in [0.1, 0.15) is 0 Å². The molecule has 0 saturated heterocycles. The molecule has 0 aliphatic heterocycles. The average Bonchev–Trinajstić information content (AvgIpc) is 3.46. The van der Waals surface area contributed by atoms with Crippen molar-refractivity contribution in [3.05, 3.63) is 211 Å². The van der Waals surface area contributed by atoms with Gasteiger partial charge in [0.05, 0.1) is 0 Å². The summed E-state index contributed by atoms with van der Waals surface area (Å²) in [6, 6.07) is 73.4. The van der Waals surface area contributed by atoms with Crippen molar-refractivity contribution in [1.29, 1.82) is 0 Å². The van der Waals surface area contributed by atoms with Gasteiger partial charge in [-0.15, -0.1) is 0 Å². The van der Waals surface area contributed by atoms with Crippen molar-refractivity contribution in [3.63, 3.8) is 0 Å². The number of nitrogens with zero attached hydrogens (tertiary/aromatic N) is 1. The fourth-order valence-electron chi connectivity index (χ4n) is 8.71. The summed E-state index contributed by atoms with van der Waals surface area (Å²) < 4.78 is 0. The van der Waals surface area contributed by atoms with Crippen molar-refractivity contribution in [2.75, 3.05) is 4.90 Å². The molecule has 10 rings (SSSR count). The van der Waals surface area contributed by atoms with E-state index >= 15 is 0 Å². The largest absolute Gasteiger partial charge is 0.310 e. The van der Waals surface area contributed by atoms with Gasteiger partial charge in [-0.1, -0.05) is 172 Å². The van der Waals surface area contributed by atoms with E-state index in [0.717, 1.165) is 17.1 Å². The zero-order valence-electron chi connectivity index (χ0n) is 30.5. The van der Waals surface area contributed by atoms with Crippen molar-refractivity contribution in [2.45, 2.75) is 19.3 Å². The molecule has 1 heteroatoms. The van der Waals surface area contributed by atoms with Crippen LogP contribution >= 0.6 is 0 Å². The van der Waals surface area contributed by atoms with E-state index in [9.17, 15) is 0 Å². The Morgan fingerprint density at radius 3 is 1.43 bits per heavy atom. The van der Waals surface area contributed by atoms with E-state index in [-0.39, 0.29) is 5.41 Å². The van der Waals surface area contributed by atoms with Gasteiger partial charge in [0.2, 0.25) is 0 Å². The van der Waals surface area contributed by atoms with E-state index in [4.69, 9.17) is 0 Å². The average molecular weight is 690 g/mol. The van der Waals surface area contributed by atoms with Gasteiger partial charge in [0.25, 0.3) is 0 Å². The standard InChI is InChI=1S/C53H39N/c1-53(2)51-26-8-7-23-49(51)50-32-29-39(35-52(50)53)36-27-30-42(31-28-36)54(43-19-9-17-40(33-43)47-24-11-15-37-13-3-5-21-45(37)47)44-20-10-18-41(34-44)48-25-12-16-38-14-4-6-22-46(38)48/h3-35H,1-2H3. The molecule has 256 valence electrons. The summed E-state index contributed by atoms with van der Waals surface area (Å²) in [4.78, 5) is 2.40. The first kappa shape index (κ1) is 32.0. The van der Waals surface area contributed by atoms with Crippen molar-refractivity contribution in [2.24, 2.45) is 0 Å². The highest BCUT2D eigenvalue weighted by atomic mass is 15.1. The Labute approximate surface area is 317 Å². The van der Waals surface area contributed by atoms with Crippen molar-refractivity contribution in [3.8, 4) is 44.5 Å². The van der Waals surface area contributed by atoms with Crippen LogP contribution in [-0.4, -0.2) is 0 Å². The fraction of sp³-hybridized carbons (Fsp3) is 0.0566. The number of benzene rings is 9. The first-order valence-electron chi connectivity index (χ1n) is 18.8. The molecule has 1 aliphatic rings. The first-order valence-corrected chi connectivity index (χ1v) is 18.8. The molecule has 0 amide bonds. The quantitative estimate of drug-likeness (QED) is 0.168. The maximum Gasteiger partial charge on any atom is 0.0467 e. The van der Waals surface area contributed by atoms with Crippen LogP contribution in [-0.2, 0) is 5.41 Å². The number of hydrogen-bond acceptors (Lipinski definition) is 1. The molecular weight excluding hydrogens is 651 g/mol. The molecule has 9 aromatic carbocycles. The van der Waals surface area contributed by atoms with Gasteiger partial charge in [-0.2, -0.15) is 0 Å². The Bertz CT molecular complexity index is 2730. The van der Waals surface area contributed by atoms with Crippen LogP contribution in [0.5, 0.6) is 0 Å². The first-order chi connectivity index (χ1) is 26.5. The molecule has 0 saturated carbocycles. The predicted molar refractivity (Wildman–Crippen MR) is 230 cm³/mol. The second-order valence-electron chi connectivity index (χ2n) is 15.0. The molecule has 0 unspecified atom stereocenters. The van der Waals surface area contributed by atoms with Gasteiger partial charge >= 0.3 is 0 Å². The molecule has 0 spiro atoms. The number of rotatable bonds is 6. The lowest BCUT2D eigenvalue weighted by Gasteiger charge is -2.27. The maximum absolute atomic E-state index is 2.41. The third-order valence-electron chi connectivity index (χ3n) is 11.5. The molecule has 0 fully saturated rings. The lowest BCUT2D eigenvalue weighted by molar-refractivity contribution is 0.660. The van der Waals surface area contributed by atoms with Crippen LogP contribution in [0.1, 0.15) is 25.0 Å². The topological polar surface area (TPSA) is 3.24 Å². The molecule has 54 heavy (non-hydrogen) atoms. The van der Waals surface area contributed by atoms with Crippen molar-refractivity contribution >= 4 is 38.6 Å². The highest BCUT2D eigenvalue weighted by Crippen LogP contribution is 2.50. The highest BCUT2D eigenvalue weighted by Gasteiger charge is 2.35. The summed E-state index contributed by atoms with van der Waals surface area (Å²) in [5.41, 5.74) is 16.1. The summed E-state index contributed by atoms with van der Waals surface area (Å²) in [5.74, 6) is 0. The van der Waals surface area contributed by atoms with E-state index in [1.807, 2.05) is 0 Å². The van der Waals surface area contributed by atoms with Crippen LogP contribution in [0.4, 0.5) is 17.1 Å². The molecule has 1 aliphatic carbocycles. The van der Waals surface area contributed by atoms with E-state index in [0.29, 0.717) is 0 Å². The summed E-state index contributed by atoms with van der Waals surface area (Å²) in [6.07, 6.45) is 0. The number of fused-ring (bicyclic) bond motifs is 5. The molecule has 0 N–H and O–H groups in total. The van der Waals surface area contributed by atoms with Gasteiger partial charge in [-0.05, 0) is 120 Å². The monoisotopic (exact) mass is 689 g/mol. The summed E-state index contributed by atoms with van der Waals surface area (Å²) >= 11 is 0. The molecule has 0 heterocycles. The Morgan fingerprint density at radius 1 is 0.315 bits per heavy atom. The molecule has 1 nitrogen and oxygen atoms in total. The Kier molecular flexibility index (Phi) is 7.56. The minimum absolute atomic E-state index is 0.0388. The Hall–Kier alpha value is -6.70. The summed E-state index contributed by atoms with van der Waals surface area (Å²) in [5, 5.41) is 5.00. The SMILES string of the molecule is CC1(C)c2ccccc2-c2ccc(-c3ccc(N(c4cccc(-c5cccc6ccccc56)c4)c4cccc(-c5cccc6ccccc56)c4)cc3)cc21. The lowest BCUT2D eigenvalue weighted by atomic mass is 9.81. The number of hydrogen-bond donors (Lipinski definition) is 0. The van der Waals surface area contributed by atoms with Crippen molar-refractivity contribution < 1.29 is 0 Å². The molecule has 0 aromatic heterocycles. The highest BCUT2D eigenvalue weighted by molar-refractivity contribution is 5.99. The van der Waals surface area contributed by atoms with E-state index in [1.54, 1.807) is 0 Å². The second kappa shape index (κ2) is 12.8. The van der Waals surface area contributed by atoms with Gasteiger partial charge in [-0.3, -0.25) is 0 Å². The third kappa shape index (κ3) is 5.32. The number of anilines is 3. The van der Waals surface area contributed by atoms with E-state index < -0.39 is 0 Å². The summed E-state index contributed by atoms with van der Waals surface area (Å²) in [7, 11) is 0. The van der Waals surface area contributed by atoms with Crippen LogP contribution in [0.15, 0.2) is 200 Å². The second-order valence-corrected chi connectivity index (χ2v) is 15.0. The molecule has 0 atom stereocenters. The van der Waals surface area contributed by atoms with E-state index in [2.05, 4.69) is 219 Å². The van der Waals surface area contributed by atoms with Crippen LogP contribution < -0.4 is 4.90 Å². The van der Waals surface area contributed by atoms with Gasteiger partial charge in [0, 0.05) is 22.5 Å². The predicted octanol–water partition coefficient (Wildman–Crippen LogP) is 14.8. The van der Waals surface area contributed by atoms with E-state index in [1.165, 1.54) is 77.2 Å². The third-order valence-corrected chi connectivity index (χ3v) is 11.5. The van der Waals surface area contributed by atoms with Crippen molar-refractivity contribution in [1.82, 2.24) is 0 Å². The molecule has 9 aromatic rings. The Balaban J connectivity index is 1.09. The fourth-order valence-corrected chi connectivity index (χ4v) is 8.71. The Morgan fingerprint density at radius 2 is 0.796 bits per heavy atom. The normalized spacial score (nSPS) is 12.8. The lowest BCUT2D eigenvalue weighted by Crippen LogP contribution is -2.14. The minimum Gasteiger partial charge on any atom is -0.310 e. The maximum atomic E-state index is 2.41. The minimum atomic E-state index is -0.0388. The molecule has 0 radical (unpaired) electrons. The molecular formula is C53H39N. The van der Waals surface area contributed by atoms with Crippen LogP contribution in [0.25, 0.3) is 66.1 Å². The van der Waals surface area contributed by atoms with Gasteiger partial charge in [0.15, 0.2) is 0 Å². The van der Waals surface area contributed by atoms with Gasteiger partial charge < -0.3 is 4.90 Å². The van der Waals surface area contributed by atoms with Crippen LogP contribution in [0.2, 0.25) is 0 Å². The zero-order chi connectivity index (χ0) is 36.2. The van der Waals surface area contributed by atoms with Crippen LogP contribution in [0.3, 0.4) is 0 Å². The molecule has 0 bridgehead atoms. The smallest absolute Gasteiger partial charge is 0.0467 e.